The molecule has 3 N–H and O–H groups in total. The molecule has 204 valence electrons. The number of fused-ring (bicyclic) bond motifs is 3. The van der Waals surface area contributed by atoms with Crippen molar-refractivity contribution in [1.82, 2.24) is 10.6 Å². The molecule has 0 radical (unpaired) electrons. The number of ether oxygens (including phenoxy) is 3. The summed E-state index contributed by atoms with van der Waals surface area (Å²) in [4.78, 5) is 36.1. The third kappa shape index (κ3) is 7.28. The van der Waals surface area contributed by atoms with E-state index in [-0.39, 0.29) is 25.7 Å². The summed E-state index contributed by atoms with van der Waals surface area (Å²) in [5.74, 6) is -0.968. The lowest BCUT2D eigenvalue weighted by molar-refractivity contribution is -0.140. The van der Waals surface area contributed by atoms with Gasteiger partial charge in [-0.25, -0.2) is 14.4 Å². The quantitative estimate of drug-likeness (QED) is 0.351. The van der Waals surface area contributed by atoms with Crippen molar-refractivity contribution in [2.24, 2.45) is 0 Å². The lowest BCUT2D eigenvalue weighted by Gasteiger charge is -2.19. The van der Waals surface area contributed by atoms with E-state index in [1.807, 2.05) is 48.5 Å². The summed E-state index contributed by atoms with van der Waals surface area (Å²) in [7, 11) is 0. The number of carbonyl (C=O) groups excluding carboxylic acids is 2. The normalized spacial score (nSPS) is 13.0. The third-order valence-corrected chi connectivity index (χ3v) is 6.11. The number of carbonyl (C=O) groups is 3. The van der Waals surface area contributed by atoms with E-state index < -0.39 is 29.8 Å². The molecule has 39 heavy (non-hydrogen) atoms. The van der Waals surface area contributed by atoms with Crippen LogP contribution < -0.4 is 15.4 Å². The molecule has 0 aromatic heterocycles. The number of benzene rings is 3. The second-order valence-corrected chi connectivity index (χ2v) is 10.2. The fourth-order valence-corrected chi connectivity index (χ4v) is 4.33. The first-order valence-corrected chi connectivity index (χ1v) is 12.6. The van der Waals surface area contributed by atoms with Gasteiger partial charge in [0.1, 0.15) is 24.6 Å². The van der Waals surface area contributed by atoms with E-state index in [2.05, 4.69) is 10.6 Å². The van der Waals surface area contributed by atoms with Crippen LogP contribution in [-0.4, -0.2) is 48.1 Å². The van der Waals surface area contributed by atoms with E-state index in [0.717, 1.165) is 27.8 Å². The van der Waals surface area contributed by atoms with Gasteiger partial charge < -0.3 is 30.0 Å². The number of alkyl carbamates (subject to hydrolysis) is 2. The van der Waals surface area contributed by atoms with Gasteiger partial charge in [0.25, 0.3) is 0 Å². The van der Waals surface area contributed by atoms with Crippen LogP contribution >= 0.6 is 0 Å². The van der Waals surface area contributed by atoms with Gasteiger partial charge in [-0.15, -0.1) is 0 Å². The number of rotatable bonds is 9. The zero-order valence-corrected chi connectivity index (χ0v) is 22.1. The van der Waals surface area contributed by atoms with Crippen LogP contribution in [0, 0.1) is 0 Å². The molecule has 0 aliphatic heterocycles. The number of carboxylic acids is 1. The SMILES string of the molecule is CC(C)(C)OC(=O)NCc1ccc(OC[C@H](NC(=O)OCC2c3ccccc3-c3ccccc32)C(=O)O)cc1. The zero-order valence-electron chi connectivity index (χ0n) is 22.1. The topological polar surface area (TPSA) is 123 Å². The summed E-state index contributed by atoms with van der Waals surface area (Å²) >= 11 is 0. The summed E-state index contributed by atoms with van der Waals surface area (Å²) in [6.07, 6.45) is -1.36. The Morgan fingerprint density at radius 1 is 0.872 bits per heavy atom. The maximum Gasteiger partial charge on any atom is 0.407 e. The van der Waals surface area contributed by atoms with E-state index in [1.54, 1.807) is 45.0 Å². The predicted molar refractivity (Wildman–Crippen MR) is 145 cm³/mol. The maximum absolute atomic E-state index is 12.5. The van der Waals surface area contributed by atoms with Crippen molar-refractivity contribution >= 4 is 18.2 Å². The molecule has 1 atom stereocenters. The molecule has 3 aromatic carbocycles. The minimum absolute atomic E-state index is 0.0752. The largest absolute Gasteiger partial charge is 0.491 e. The summed E-state index contributed by atoms with van der Waals surface area (Å²) in [5.41, 5.74) is 4.55. The summed E-state index contributed by atoms with van der Waals surface area (Å²) in [5, 5.41) is 14.6. The molecule has 0 saturated carbocycles. The fourth-order valence-electron chi connectivity index (χ4n) is 4.33. The molecule has 0 unspecified atom stereocenters. The van der Waals surface area contributed by atoms with Gasteiger partial charge in [0.2, 0.25) is 0 Å². The molecule has 9 nitrogen and oxygen atoms in total. The molecule has 0 fully saturated rings. The smallest absolute Gasteiger partial charge is 0.407 e. The molecule has 3 aromatic rings. The first kappa shape index (κ1) is 27.5. The molecule has 2 amide bonds. The lowest BCUT2D eigenvalue weighted by Crippen LogP contribution is -2.45. The average Bonchev–Trinajstić information content (AvgIpc) is 3.22. The molecular formula is C30H32N2O7. The van der Waals surface area contributed by atoms with Crippen molar-refractivity contribution in [2.75, 3.05) is 13.2 Å². The zero-order chi connectivity index (χ0) is 28.0. The molecular weight excluding hydrogens is 500 g/mol. The van der Waals surface area contributed by atoms with E-state index in [1.165, 1.54) is 0 Å². The van der Waals surface area contributed by atoms with Crippen LogP contribution in [0.15, 0.2) is 72.8 Å². The van der Waals surface area contributed by atoms with Crippen LogP contribution in [0.5, 0.6) is 5.75 Å². The first-order chi connectivity index (χ1) is 18.6. The van der Waals surface area contributed by atoms with Crippen molar-refractivity contribution in [2.45, 2.75) is 44.9 Å². The van der Waals surface area contributed by atoms with Crippen LogP contribution in [0.1, 0.15) is 43.4 Å². The van der Waals surface area contributed by atoms with Gasteiger partial charge in [-0.05, 0) is 60.7 Å². The van der Waals surface area contributed by atoms with E-state index in [4.69, 9.17) is 14.2 Å². The predicted octanol–water partition coefficient (Wildman–Crippen LogP) is 5.08. The molecule has 0 spiro atoms. The van der Waals surface area contributed by atoms with Crippen molar-refractivity contribution in [3.63, 3.8) is 0 Å². The van der Waals surface area contributed by atoms with Crippen LogP contribution in [0.25, 0.3) is 11.1 Å². The number of amides is 2. The maximum atomic E-state index is 12.5. The summed E-state index contributed by atoms with van der Waals surface area (Å²) in [6, 6.07) is 21.4. The van der Waals surface area contributed by atoms with Crippen LogP contribution in [-0.2, 0) is 20.8 Å². The van der Waals surface area contributed by atoms with Crippen LogP contribution in [0.4, 0.5) is 9.59 Å². The molecule has 0 saturated heterocycles. The highest BCUT2D eigenvalue weighted by molar-refractivity contribution is 5.81. The molecule has 9 heteroatoms. The molecule has 1 aliphatic carbocycles. The highest BCUT2D eigenvalue weighted by Crippen LogP contribution is 2.44. The van der Waals surface area contributed by atoms with Gasteiger partial charge in [0.05, 0.1) is 0 Å². The van der Waals surface area contributed by atoms with Crippen molar-refractivity contribution < 1.29 is 33.7 Å². The number of aliphatic carboxylic acids is 1. The fraction of sp³-hybridized carbons (Fsp3) is 0.300. The Morgan fingerprint density at radius 2 is 1.46 bits per heavy atom. The second-order valence-electron chi connectivity index (χ2n) is 10.2. The Morgan fingerprint density at radius 3 is 2.03 bits per heavy atom. The standard InChI is InChI=1S/C30H32N2O7/c1-30(2,3)39-28(35)31-16-19-12-14-20(15-13-19)37-18-26(27(33)34)32-29(36)38-17-25-23-10-6-4-8-21(23)22-9-5-7-11-24(22)25/h4-15,25-26H,16-18H2,1-3H3,(H,31,35)(H,32,36)(H,33,34)/t26-/m0/s1. The highest BCUT2D eigenvalue weighted by atomic mass is 16.6. The minimum Gasteiger partial charge on any atom is -0.491 e. The number of carboxylic acid groups (broad SMARTS) is 1. The van der Waals surface area contributed by atoms with Gasteiger partial charge in [0.15, 0.2) is 6.04 Å². The highest BCUT2D eigenvalue weighted by Gasteiger charge is 2.30. The summed E-state index contributed by atoms with van der Waals surface area (Å²) in [6.45, 7) is 5.39. The number of hydrogen-bond donors (Lipinski definition) is 3. The van der Waals surface area contributed by atoms with Gasteiger partial charge >= 0.3 is 18.2 Å². The third-order valence-electron chi connectivity index (χ3n) is 6.11. The van der Waals surface area contributed by atoms with Crippen molar-refractivity contribution in [3.05, 3.63) is 89.5 Å². The number of hydrogen-bond acceptors (Lipinski definition) is 6. The summed E-state index contributed by atoms with van der Waals surface area (Å²) < 4.78 is 16.2. The molecule has 4 rings (SSSR count). The van der Waals surface area contributed by atoms with Gasteiger partial charge in [-0.3, -0.25) is 0 Å². The lowest BCUT2D eigenvalue weighted by atomic mass is 9.98. The molecule has 1 aliphatic rings. The minimum atomic E-state index is -1.31. The van der Waals surface area contributed by atoms with Crippen molar-refractivity contribution in [1.29, 1.82) is 0 Å². The van der Waals surface area contributed by atoms with Crippen LogP contribution in [0.2, 0.25) is 0 Å². The van der Waals surface area contributed by atoms with E-state index in [9.17, 15) is 19.5 Å². The van der Waals surface area contributed by atoms with Gasteiger partial charge in [-0.1, -0.05) is 60.7 Å². The Kier molecular flexibility index (Phi) is 8.39. The second kappa shape index (κ2) is 11.9. The monoisotopic (exact) mass is 532 g/mol. The molecule has 0 bridgehead atoms. The number of nitrogens with one attached hydrogen (secondary N) is 2. The Balaban J connectivity index is 1.27. The Hall–Kier alpha value is -4.53. The first-order valence-electron chi connectivity index (χ1n) is 12.6. The van der Waals surface area contributed by atoms with Crippen LogP contribution in [0.3, 0.4) is 0 Å². The Bertz CT molecular complexity index is 1290. The van der Waals surface area contributed by atoms with Gasteiger partial charge in [0, 0.05) is 12.5 Å². The average molecular weight is 533 g/mol. The molecule has 0 heterocycles. The van der Waals surface area contributed by atoms with E-state index >= 15 is 0 Å². The van der Waals surface area contributed by atoms with E-state index in [0.29, 0.717) is 5.75 Å². The Labute approximate surface area is 227 Å². The van der Waals surface area contributed by atoms with Gasteiger partial charge in [-0.2, -0.15) is 0 Å². The van der Waals surface area contributed by atoms with Crippen molar-refractivity contribution in [3.8, 4) is 16.9 Å².